The first-order valence-electron chi connectivity index (χ1n) is 5.08. The van der Waals surface area contributed by atoms with Crippen molar-refractivity contribution in [1.29, 1.82) is 0 Å². The summed E-state index contributed by atoms with van der Waals surface area (Å²) < 4.78 is 13.4. The van der Waals surface area contributed by atoms with Gasteiger partial charge in [-0.05, 0) is 12.5 Å². The number of carbonyl (C=O) groups excluding carboxylic acids is 1. The number of halogens is 1. The molecule has 0 aromatic heterocycles. The molecule has 1 unspecified atom stereocenters. The van der Waals surface area contributed by atoms with Crippen molar-refractivity contribution in [2.45, 2.75) is 25.8 Å². The van der Waals surface area contributed by atoms with Gasteiger partial charge >= 0.3 is 6.03 Å². The van der Waals surface area contributed by atoms with Gasteiger partial charge in [0.15, 0.2) is 0 Å². The molecule has 1 aliphatic rings. The third-order valence-electron chi connectivity index (χ3n) is 2.54. The normalized spacial score (nSPS) is 19.1. The van der Waals surface area contributed by atoms with E-state index in [2.05, 4.69) is 10.6 Å². The van der Waals surface area contributed by atoms with E-state index in [1.54, 1.807) is 6.07 Å². The van der Waals surface area contributed by atoms with Gasteiger partial charge in [0, 0.05) is 5.56 Å². The zero-order valence-corrected chi connectivity index (χ0v) is 8.51. The molecule has 0 radical (unpaired) electrons. The largest absolute Gasteiger partial charge is 0.331 e. The van der Waals surface area contributed by atoms with Gasteiger partial charge in [-0.15, -0.1) is 0 Å². The Kier molecular flexibility index (Phi) is 2.58. The molecule has 2 N–H and O–H groups in total. The van der Waals surface area contributed by atoms with Gasteiger partial charge in [0.05, 0.1) is 11.7 Å². The lowest BCUT2D eigenvalue weighted by molar-refractivity contribution is 0.246. The Hall–Kier alpha value is -1.58. The lowest BCUT2D eigenvalue weighted by Crippen LogP contribution is -2.38. The Bertz CT molecular complexity index is 392. The van der Waals surface area contributed by atoms with E-state index in [9.17, 15) is 9.18 Å². The lowest BCUT2D eigenvalue weighted by atomic mass is 9.98. The van der Waals surface area contributed by atoms with E-state index in [1.165, 1.54) is 6.07 Å². The first kappa shape index (κ1) is 9.96. The van der Waals surface area contributed by atoms with Gasteiger partial charge in [0.25, 0.3) is 0 Å². The Labute approximate surface area is 87.7 Å². The summed E-state index contributed by atoms with van der Waals surface area (Å²) in [6.45, 7) is 2.03. The molecule has 0 saturated carbocycles. The fraction of sp³-hybridized carbons (Fsp3) is 0.364. The third kappa shape index (κ3) is 1.79. The van der Waals surface area contributed by atoms with E-state index in [4.69, 9.17) is 0 Å². The van der Waals surface area contributed by atoms with Crippen LogP contribution in [-0.2, 0) is 0 Å². The molecule has 2 amide bonds. The number of fused-ring (bicyclic) bond motifs is 1. The zero-order chi connectivity index (χ0) is 10.8. The Balaban J connectivity index is 2.41. The van der Waals surface area contributed by atoms with Gasteiger partial charge in [-0.2, -0.15) is 0 Å². The second kappa shape index (κ2) is 3.88. The number of nitrogens with one attached hydrogen (secondary N) is 2. The number of rotatable bonds is 2. The summed E-state index contributed by atoms with van der Waals surface area (Å²) in [5.74, 6) is -0.372. The van der Waals surface area contributed by atoms with Crippen LogP contribution in [0.1, 0.15) is 31.4 Å². The molecule has 0 spiro atoms. The second-order valence-electron chi connectivity index (χ2n) is 3.64. The van der Waals surface area contributed by atoms with Crippen LogP contribution in [0.5, 0.6) is 0 Å². The molecule has 2 rings (SSSR count). The van der Waals surface area contributed by atoms with Gasteiger partial charge in [-0.1, -0.05) is 25.5 Å². The molecule has 0 aliphatic carbocycles. The van der Waals surface area contributed by atoms with Crippen LogP contribution in [0.15, 0.2) is 18.2 Å². The highest BCUT2D eigenvalue weighted by atomic mass is 19.1. The van der Waals surface area contributed by atoms with Crippen molar-refractivity contribution >= 4 is 11.7 Å². The molecule has 1 aromatic carbocycles. The quantitative estimate of drug-likeness (QED) is 0.770. The number of hydrogen-bond acceptors (Lipinski definition) is 1. The Morgan fingerprint density at radius 2 is 2.27 bits per heavy atom. The fourth-order valence-electron chi connectivity index (χ4n) is 1.87. The van der Waals surface area contributed by atoms with Crippen LogP contribution in [0.25, 0.3) is 0 Å². The average molecular weight is 208 g/mol. The zero-order valence-electron chi connectivity index (χ0n) is 8.51. The molecular weight excluding hydrogens is 195 g/mol. The maximum Gasteiger partial charge on any atom is 0.319 e. The predicted molar refractivity (Wildman–Crippen MR) is 56.2 cm³/mol. The number of carbonyl (C=O) groups is 1. The van der Waals surface area contributed by atoms with Crippen LogP contribution in [0.4, 0.5) is 14.9 Å². The minimum absolute atomic E-state index is 0.0746. The monoisotopic (exact) mass is 208 g/mol. The molecule has 1 atom stereocenters. The summed E-state index contributed by atoms with van der Waals surface area (Å²) in [7, 11) is 0. The van der Waals surface area contributed by atoms with Gasteiger partial charge < -0.3 is 10.6 Å². The van der Waals surface area contributed by atoms with Crippen LogP contribution in [0, 0.1) is 5.82 Å². The summed E-state index contributed by atoms with van der Waals surface area (Å²) in [6, 6.07) is 4.45. The molecular formula is C11H13FN2O. The van der Waals surface area contributed by atoms with E-state index < -0.39 is 0 Å². The second-order valence-corrected chi connectivity index (χ2v) is 3.64. The van der Waals surface area contributed by atoms with Gasteiger partial charge in [0.2, 0.25) is 0 Å². The molecule has 1 heterocycles. The number of benzene rings is 1. The molecule has 0 bridgehead atoms. The van der Waals surface area contributed by atoms with Crippen LogP contribution >= 0.6 is 0 Å². The summed E-state index contributed by atoms with van der Waals surface area (Å²) in [5.41, 5.74) is 1.15. The standard InChI is InChI=1S/C11H13FN2O/c1-2-4-9-7-5-3-6-8(12)10(7)14-11(15)13-9/h3,5-6,9H,2,4H2,1H3,(H2,13,14,15). The van der Waals surface area contributed by atoms with Gasteiger partial charge in [0.1, 0.15) is 5.82 Å². The van der Waals surface area contributed by atoms with Crippen molar-refractivity contribution in [1.82, 2.24) is 5.32 Å². The summed E-state index contributed by atoms with van der Waals surface area (Å²) in [5, 5.41) is 5.28. The molecule has 80 valence electrons. The first-order valence-corrected chi connectivity index (χ1v) is 5.08. The topological polar surface area (TPSA) is 41.1 Å². The number of hydrogen-bond donors (Lipinski definition) is 2. The maximum atomic E-state index is 13.4. The highest BCUT2D eigenvalue weighted by Crippen LogP contribution is 2.31. The van der Waals surface area contributed by atoms with Crippen molar-refractivity contribution < 1.29 is 9.18 Å². The Morgan fingerprint density at radius 1 is 1.47 bits per heavy atom. The van der Waals surface area contributed by atoms with Crippen LogP contribution < -0.4 is 10.6 Å². The molecule has 0 saturated heterocycles. The molecule has 15 heavy (non-hydrogen) atoms. The van der Waals surface area contributed by atoms with E-state index in [1.807, 2.05) is 13.0 Å². The van der Waals surface area contributed by atoms with Gasteiger partial charge in [-0.3, -0.25) is 0 Å². The van der Waals surface area contributed by atoms with Crippen molar-refractivity contribution in [2.24, 2.45) is 0 Å². The minimum Gasteiger partial charge on any atom is -0.331 e. The fourth-order valence-corrected chi connectivity index (χ4v) is 1.87. The highest BCUT2D eigenvalue weighted by molar-refractivity contribution is 5.93. The van der Waals surface area contributed by atoms with Crippen molar-refractivity contribution in [3.05, 3.63) is 29.6 Å². The van der Waals surface area contributed by atoms with Crippen LogP contribution in [0.3, 0.4) is 0 Å². The predicted octanol–water partition coefficient (Wildman–Crippen LogP) is 2.80. The van der Waals surface area contributed by atoms with E-state index in [0.29, 0.717) is 5.69 Å². The molecule has 1 aromatic rings. The maximum absolute atomic E-state index is 13.4. The van der Waals surface area contributed by atoms with Crippen LogP contribution in [-0.4, -0.2) is 6.03 Å². The minimum atomic E-state index is -0.372. The number of para-hydroxylation sites is 1. The molecule has 3 nitrogen and oxygen atoms in total. The number of urea groups is 1. The molecule has 1 aliphatic heterocycles. The summed E-state index contributed by atoms with van der Waals surface area (Å²) >= 11 is 0. The third-order valence-corrected chi connectivity index (χ3v) is 2.54. The van der Waals surface area contributed by atoms with E-state index in [-0.39, 0.29) is 17.9 Å². The van der Waals surface area contributed by atoms with Gasteiger partial charge in [-0.25, -0.2) is 9.18 Å². The Morgan fingerprint density at radius 3 is 3.00 bits per heavy atom. The molecule has 4 heteroatoms. The lowest BCUT2D eigenvalue weighted by Gasteiger charge is -2.27. The summed E-state index contributed by atoms with van der Waals surface area (Å²) in [6.07, 6.45) is 1.77. The molecule has 0 fully saturated rings. The van der Waals surface area contributed by atoms with E-state index >= 15 is 0 Å². The highest BCUT2D eigenvalue weighted by Gasteiger charge is 2.25. The SMILES string of the molecule is CCCC1NC(=O)Nc2c(F)cccc21. The van der Waals surface area contributed by atoms with Crippen molar-refractivity contribution in [2.75, 3.05) is 5.32 Å². The number of amides is 2. The van der Waals surface area contributed by atoms with Crippen molar-refractivity contribution in [3.63, 3.8) is 0 Å². The van der Waals surface area contributed by atoms with E-state index in [0.717, 1.165) is 18.4 Å². The van der Waals surface area contributed by atoms with Crippen molar-refractivity contribution in [3.8, 4) is 0 Å². The smallest absolute Gasteiger partial charge is 0.319 e. The number of anilines is 1. The first-order chi connectivity index (χ1) is 7.22. The van der Waals surface area contributed by atoms with Crippen LogP contribution in [0.2, 0.25) is 0 Å². The average Bonchev–Trinajstić information content (AvgIpc) is 2.20. The summed E-state index contributed by atoms with van der Waals surface area (Å²) in [4.78, 5) is 11.3.